The van der Waals surface area contributed by atoms with E-state index in [0.29, 0.717) is 25.9 Å². The van der Waals surface area contributed by atoms with Crippen molar-refractivity contribution in [2.45, 2.75) is 18.9 Å². The molecule has 0 aromatic heterocycles. The van der Waals surface area contributed by atoms with Crippen molar-refractivity contribution in [1.29, 1.82) is 0 Å². The van der Waals surface area contributed by atoms with Crippen LogP contribution in [0.15, 0.2) is 18.2 Å². The summed E-state index contributed by atoms with van der Waals surface area (Å²) in [7, 11) is 0. The standard InChI is InChI=1S/C12H13F2NO3/c13-8-5-9(14)7-11(6-8)18-10-1-3-15(4-2-10)12(16)17/h5-7,10H,1-4H2,(H,16,17). The predicted molar refractivity (Wildman–Crippen MR) is 59.6 cm³/mol. The Morgan fingerprint density at radius 3 is 2.28 bits per heavy atom. The van der Waals surface area contributed by atoms with E-state index < -0.39 is 17.7 Å². The van der Waals surface area contributed by atoms with Crippen molar-refractivity contribution in [3.8, 4) is 5.75 Å². The maximum Gasteiger partial charge on any atom is 0.407 e. The summed E-state index contributed by atoms with van der Waals surface area (Å²) in [5.41, 5.74) is 0. The molecule has 1 heterocycles. The second-order valence-electron chi connectivity index (χ2n) is 4.19. The molecule has 1 saturated heterocycles. The zero-order valence-electron chi connectivity index (χ0n) is 9.60. The molecule has 1 N–H and O–H groups in total. The van der Waals surface area contributed by atoms with Crippen molar-refractivity contribution in [2.75, 3.05) is 13.1 Å². The Hall–Kier alpha value is -1.85. The number of carbonyl (C=O) groups is 1. The fourth-order valence-electron chi connectivity index (χ4n) is 1.95. The van der Waals surface area contributed by atoms with E-state index in [2.05, 4.69) is 0 Å². The summed E-state index contributed by atoms with van der Waals surface area (Å²) in [5, 5.41) is 8.77. The highest BCUT2D eigenvalue weighted by Gasteiger charge is 2.23. The van der Waals surface area contributed by atoms with Gasteiger partial charge in [-0.2, -0.15) is 0 Å². The van der Waals surface area contributed by atoms with Gasteiger partial charge in [0, 0.05) is 44.1 Å². The average molecular weight is 257 g/mol. The van der Waals surface area contributed by atoms with Gasteiger partial charge in [0.25, 0.3) is 0 Å². The summed E-state index contributed by atoms with van der Waals surface area (Å²) in [4.78, 5) is 12.0. The van der Waals surface area contributed by atoms with Crippen LogP contribution in [0.3, 0.4) is 0 Å². The Kier molecular flexibility index (Phi) is 3.64. The molecule has 0 spiro atoms. The lowest BCUT2D eigenvalue weighted by molar-refractivity contribution is 0.0891. The summed E-state index contributed by atoms with van der Waals surface area (Å²) in [6.45, 7) is 0.746. The van der Waals surface area contributed by atoms with Crippen LogP contribution in [0.5, 0.6) is 5.75 Å². The molecule has 2 rings (SSSR count). The second-order valence-corrected chi connectivity index (χ2v) is 4.19. The number of rotatable bonds is 2. The SMILES string of the molecule is O=C(O)N1CCC(Oc2cc(F)cc(F)c2)CC1. The molecule has 18 heavy (non-hydrogen) atoms. The molecular formula is C12H13F2NO3. The summed E-state index contributed by atoms with van der Waals surface area (Å²) in [6, 6.07) is 3.01. The Labute approximate surface area is 103 Å². The van der Waals surface area contributed by atoms with Gasteiger partial charge in [0.15, 0.2) is 0 Å². The van der Waals surface area contributed by atoms with E-state index in [-0.39, 0.29) is 11.9 Å². The monoisotopic (exact) mass is 257 g/mol. The van der Waals surface area contributed by atoms with Gasteiger partial charge in [0.1, 0.15) is 23.5 Å². The summed E-state index contributed by atoms with van der Waals surface area (Å²) in [5.74, 6) is -1.23. The quantitative estimate of drug-likeness (QED) is 0.885. The van der Waals surface area contributed by atoms with E-state index in [0.717, 1.165) is 18.2 Å². The van der Waals surface area contributed by atoms with Crippen LogP contribution in [-0.4, -0.2) is 35.3 Å². The molecule has 1 fully saturated rings. The molecule has 1 aromatic rings. The molecule has 1 aromatic carbocycles. The van der Waals surface area contributed by atoms with Crippen molar-refractivity contribution in [3.05, 3.63) is 29.8 Å². The Bertz CT molecular complexity index is 425. The van der Waals surface area contributed by atoms with Gasteiger partial charge in [-0.3, -0.25) is 0 Å². The molecular weight excluding hydrogens is 244 g/mol. The van der Waals surface area contributed by atoms with Gasteiger partial charge in [-0.1, -0.05) is 0 Å². The van der Waals surface area contributed by atoms with E-state index in [1.165, 1.54) is 4.90 Å². The molecule has 0 bridgehead atoms. The van der Waals surface area contributed by atoms with Crippen LogP contribution in [0.25, 0.3) is 0 Å². The van der Waals surface area contributed by atoms with Crippen LogP contribution in [-0.2, 0) is 0 Å². The van der Waals surface area contributed by atoms with Gasteiger partial charge in [-0.15, -0.1) is 0 Å². The first-order valence-electron chi connectivity index (χ1n) is 5.65. The van der Waals surface area contributed by atoms with E-state index in [9.17, 15) is 13.6 Å². The van der Waals surface area contributed by atoms with Gasteiger partial charge >= 0.3 is 6.09 Å². The van der Waals surface area contributed by atoms with Crippen LogP contribution in [0.1, 0.15) is 12.8 Å². The minimum absolute atomic E-state index is 0.140. The molecule has 0 saturated carbocycles. The third kappa shape index (κ3) is 3.09. The van der Waals surface area contributed by atoms with E-state index in [1.807, 2.05) is 0 Å². The predicted octanol–water partition coefficient (Wildman–Crippen LogP) is 2.49. The lowest BCUT2D eigenvalue weighted by atomic mass is 10.1. The number of ether oxygens (including phenoxy) is 1. The highest BCUT2D eigenvalue weighted by atomic mass is 19.1. The van der Waals surface area contributed by atoms with Gasteiger partial charge in [-0.25, -0.2) is 13.6 Å². The number of amides is 1. The molecule has 6 heteroatoms. The van der Waals surface area contributed by atoms with Crippen molar-refractivity contribution >= 4 is 6.09 Å². The minimum Gasteiger partial charge on any atom is -0.490 e. The van der Waals surface area contributed by atoms with Gasteiger partial charge in [-0.05, 0) is 0 Å². The first kappa shape index (κ1) is 12.6. The first-order valence-corrected chi connectivity index (χ1v) is 5.65. The lowest BCUT2D eigenvalue weighted by Crippen LogP contribution is -2.41. The van der Waals surface area contributed by atoms with E-state index >= 15 is 0 Å². The van der Waals surface area contributed by atoms with Crippen molar-refractivity contribution < 1.29 is 23.4 Å². The number of carboxylic acid groups (broad SMARTS) is 1. The van der Waals surface area contributed by atoms with Crippen molar-refractivity contribution in [3.63, 3.8) is 0 Å². The molecule has 0 aliphatic carbocycles. The highest BCUT2D eigenvalue weighted by molar-refractivity contribution is 5.65. The molecule has 4 nitrogen and oxygen atoms in total. The molecule has 1 aliphatic rings. The number of hydrogen-bond acceptors (Lipinski definition) is 2. The number of piperidine rings is 1. The maximum atomic E-state index is 12.9. The minimum atomic E-state index is -0.953. The fourth-order valence-corrected chi connectivity index (χ4v) is 1.95. The topological polar surface area (TPSA) is 49.8 Å². The zero-order chi connectivity index (χ0) is 13.1. The average Bonchev–Trinajstić information content (AvgIpc) is 2.28. The molecule has 0 unspecified atom stereocenters. The normalized spacial score (nSPS) is 16.7. The lowest BCUT2D eigenvalue weighted by Gasteiger charge is -2.30. The van der Waals surface area contributed by atoms with Crippen LogP contribution in [0, 0.1) is 11.6 Å². The van der Waals surface area contributed by atoms with Crippen LogP contribution < -0.4 is 4.74 Å². The van der Waals surface area contributed by atoms with Crippen LogP contribution in [0.4, 0.5) is 13.6 Å². The Balaban J connectivity index is 1.93. The molecule has 98 valence electrons. The molecule has 0 atom stereocenters. The maximum absolute atomic E-state index is 12.9. The number of nitrogens with zero attached hydrogens (tertiary/aromatic N) is 1. The smallest absolute Gasteiger partial charge is 0.407 e. The van der Waals surface area contributed by atoms with Gasteiger partial charge < -0.3 is 14.7 Å². The molecule has 0 radical (unpaired) electrons. The first-order chi connectivity index (χ1) is 8.54. The fraction of sp³-hybridized carbons (Fsp3) is 0.417. The molecule has 1 amide bonds. The third-order valence-electron chi connectivity index (χ3n) is 2.85. The largest absolute Gasteiger partial charge is 0.490 e. The molecule has 1 aliphatic heterocycles. The van der Waals surface area contributed by atoms with Gasteiger partial charge in [0.05, 0.1) is 0 Å². The highest BCUT2D eigenvalue weighted by Crippen LogP contribution is 2.21. The zero-order valence-corrected chi connectivity index (χ0v) is 9.60. The number of halogens is 2. The Morgan fingerprint density at radius 2 is 1.78 bits per heavy atom. The number of benzene rings is 1. The van der Waals surface area contributed by atoms with Crippen LogP contribution >= 0.6 is 0 Å². The third-order valence-corrected chi connectivity index (χ3v) is 2.85. The van der Waals surface area contributed by atoms with Gasteiger partial charge in [0.2, 0.25) is 0 Å². The number of hydrogen-bond donors (Lipinski definition) is 1. The van der Waals surface area contributed by atoms with E-state index in [4.69, 9.17) is 9.84 Å². The Morgan fingerprint density at radius 1 is 1.22 bits per heavy atom. The summed E-state index contributed by atoms with van der Waals surface area (Å²) in [6.07, 6.45) is -0.124. The second kappa shape index (κ2) is 5.20. The van der Waals surface area contributed by atoms with Crippen molar-refractivity contribution in [2.24, 2.45) is 0 Å². The van der Waals surface area contributed by atoms with Crippen LogP contribution in [0.2, 0.25) is 0 Å². The van der Waals surface area contributed by atoms with E-state index in [1.54, 1.807) is 0 Å². The summed E-state index contributed by atoms with van der Waals surface area (Å²) < 4.78 is 31.3. The number of likely N-dealkylation sites (tertiary alicyclic amines) is 1. The van der Waals surface area contributed by atoms with Crippen molar-refractivity contribution in [1.82, 2.24) is 4.90 Å². The summed E-state index contributed by atoms with van der Waals surface area (Å²) >= 11 is 0.